The van der Waals surface area contributed by atoms with Gasteiger partial charge < -0.3 is 14.2 Å². The first kappa shape index (κ1) is 78.3. The van der Waals surface area contributed by atoms with E-state index in [0.717, 1.165) is 122 Å². The van der Waals surface area contributed by atoms with Crippen molar-refractivity contribution in [1.29, 1.82) is 0 Å². The molecule has 0 aromatic rings. The van der Waals surface area contributed by atoms with E-state index in [0.29, 0.717) is 12.8 Å². The molecule has 0 amide bonds. The molecule has 0 saturated heterocycles. The Morgan fingerprint density at radius 3 is 0.756 bits per heavy atom. The lowest BCUT2D eigenvalue weighted by atomic mass is 10.0. The van der Waals surface area contributed by atoms with Crippen LogP contribution in [0.15, 0.2) is 97.2 Å². The Morgan fingerprint density at radius 1 is 0.256 bits per heavy atom. The molecule has 0 aliphatic rings. The van der Waals surface area contributed by atoms with Crippen LogP contribution in [0.25, 0.3) is 0 Å². The fraction of sp³-hybridized carbons (Fsp3) is 0.750. The van der Waals surface area contributed by atoms with Crippen molar-refractivity contribution in [3.05, 3.63) is 97.2 Å². The highest BCUT2D eigenvalue weighted by Crippen LogP contribution is 2.18. The maximum Gasteiger partial charge on any atom is 0.306 e. The summed E-state index contributed by atoms with van der Waals surface area (Å²) in [7, 11) is 0. The summed E-state index contributed by atoms with van der Waals surface area (Å²) in [6, 6.07) is 0. The molecule has 0 aliphatic heterocycles. The van der Waals surface area contributed by atoms with E-state index in [1.165, 1.54) is 186 Å². The summed E-state index contributed by atoms with van der Waals surface area (Å²) in [5.74, 6) is -0.919. The van der Waals surface area contributed by atoms with Crippen LogP contribution in [-0.4, -0.2) is 37.2 Å². The van der Waals surface area contributed by atoms with Gasteiger partial charge in [0.25, 0.3) is 0 Å². The van der Waals surface area contributed by atoms with E-state index in [4.69, 9.17) is 14.2 Å². The van der Waals surface area contributed by atoms with Crippen LogP contribution in [0, 0.1) is 0 Å². The zero-order valence-corrected chi connectivity index (χ0v) is 54.2. The van der Waals surface area contributed by atoms with Crippen LogP contribution in [0.2, 0.25) is 0 Å². The Hall–Kier alpha value is -3.67. The van der Waals surface area contributed by atoms with Crippen LogP contribution in [0.4, 0.5) is 0 Å². The van der Waals surface area contributed by atoms with Gasteiger partial charge in [-0.3, -0.25) is 14.4 Å². The van der Waals surface area contributed by atoms with Crippen molar-refractivity contribution in [3.8, 4) is 0 Å². The van der Waals surface area contributed by atoms with Gasteiger partial charge in [-0.05, 0) is 96.3 Å². The van der Waals surface area contributed by atoms with Gasteiger partial charge in [0.05, 0.1) is 0 Å². The third kappa shape index (κ3) is 67.1. The number of hydrogen-bond acceptors (Lipinski definition) is 6. The summed E-state index contributed by atoms with van der Waals surface area (Å²) in [6.07, 6.45) is 94.4. The molecule has 0 heterocycles. The van der Waals surface area contributed by atoms with E-state index in [1.54, 1.807) is 0 Å². The predicted octanol–water partition coefficient (Wildman–Crippen LogP) is 24.4. The summed E-state index contributed by atoms with van der Waals surface area (Å²) >= 11 is 0. The van der Waals surface area contributed by atoms with Crippen LogP contribution < -0.4 is 0 Å². The Balaban J connectivity index is 4.32. The summed E-state index contributed by atoms with van der Waals surface area (Å²) < 4.78 is 17.0. The van der Waals surface area contributed by atoms with Gasteiger partial charge in [0.1, 0.15) is 13.2 Å². The highest BCUT2D eigenvalue weighted by atomic mass is 16.6. The third-order valence-corrected chi connectivity index (χ3v) is 15.3. The molecule has 0 radical (unpaired) electrons. The molecule has 0 N–H and O–H groups in total. The fourth-order valence-electron chi connectivity index (χ4n) is 10.1. The van der Waals surface area contributed by atoms with Crippen molar-refractivity contribution in [1.82, 2.24) is 0 Å². The molecule has 6 heteroatoms. The molecule has 0 saturated carbocycles. The van der Waals surface area contributed by atoms with Gasteiger partial charge in [-0.2, -0.15) is 0 Å². The summed E-state index contributed by atoms with van der Waals surface area (Å²) in [5, 5.41) is 0. The highest BCUT2D eigenvalue weighted by molar-refractivity contribution is 5.71. The van der Waals surface area contributed by atoms with E-state index in [1.807, 2.05) is 0 Å². The van der Waals surface area contributed by atoms with E-state index >= 15 is 0 Å². The molecule has 1 atom stereocenters. The molecule has 0 bridgehead atoms. The Labute approximate surface area is 508 Å². The van der Waals surface area contributed by atoms with Crippen molar-refractivity contribution in [2.75, 3.05) is 13.2 Å². The molecule has 472 valence electrons. The second-order valence-electron chi connectivity index (χ2n) is 23.4. The summed E-state index contributed by atoms with van der Waals surface area (Å²) in [5.41, 5.74) is 0. The maximum atomic E-state index is 12.9. The molecule has 0 fully saturated rings. The lowest BCUT2D eigenvalue weighted by Crippen LogP contribution is -2.30. The molecule has 6 nitrogen and oxygen atoms in total. The molecule has 0 aliphatic carbocycles. The zero-order chi connectivity index (χ0) is 59.2. The maximum absolute atomic E-state index is 12.9. The number of esters is 3. The first-order valence-corrected chi connectivity index (χ1v) is 35.2. The minimum absolute atomic E-state index is 0.0920. The molecule has 0 spiro atoms. The van der Waals surface area contributed by atoms with Crippen molar-refractivity contribution >= 4 is 17.9 Å². The summed E-state index contributed by atoms with van der Waals surface area (Å²) in [6.45, 7) is 6.43. The van der Waals surface area contributed by atoms with E-state index in [9.17, 15) is 14.4 Å². The number of ether oxygens (including phenoxy) is 3. The molecular formula is C76H132O6. The highest BCUT2D eigenvalue weighted by Gasteiger charge is 2.19. The molecule has 0 rings (SSSR count). The van der Waals surface area contributed by atoms with Gasteiger partial charge in [0.2, 0.25) is 0 Å². The number of carbonyl (C=O) groups excluding carboxylic acids is 3. The van der Waals surface area contributed by atoms with E-state index in [-0.39, 0.29) is 37.5 Å². The van der Waals surface area contributed by atoms with E-state index in [2.05, 4.69) is 118 Å². The average Bonchev–Trinajstić information content (AvgIpc) is 3.47. The SMILES string of the molecule is CC/C=C\C/C=C\C/C=C\C/C=C\C/C=C\CCCCCC(=O)OC(COC(=O)CCCCCCCCC/C=C\C/C=C\C/C=C\CC)COC(=O)CCCCCCCCCCCCCCCCCCCCCCCCCCCCCC. The molecule has 0 aromatic carbocycles. The predicted molar refractivity (Wildman–Crippen MR) is 357 cm³/mol. The first-order chi connectivity index (χ1) is 40.5. The quantitative estimate of drug-likeness (QED) is 0.0261. The normalized spacial score (nSPS) is 12.7. The van der Waals surface area contributed by atoms with Gasteiger partial charge in [-0.15, -0.1) is 0 Å². The number of allylic oxidation sites excluding steroid dienone is 16. The molecule has 0 aromatic heterocycles. The number of carbonyl (C=O) groups is 3. The van der Waals surface area contributed by atoms with Crippen molar-refractivity contribution in [3.63, 3.8) is 0 Å². The third-order valence-electron chi connectivity index (χ3n) is 15.3. The lowest BCUT2D eigenvalue weighted by molar-refractivity contribution is -0.167. The Morgan fingerprint density at radius 2 is 0.476 bits per heavy atom. The van der Waals surface area contributed by atoms with Crippen molar-refractivity contribution in [2.24, 2.45) is 0 Å². The zero-order valence-electron chi connectivity index (χ0n) is 54.2. The fourth-order valence-corrected chi connectivity index (χ4v) is 10.1. The van der Waals surface area contributed by atoms with Crippen molar-refractivity contribution in [2.45, 2.75) is 354 Å². The smallest absolute Gasteiger partial charge is 0.306 e. The lowest BCUT2D eigenvalue weighted by Gasteiger charge is -2.18. The Kier molecular flexibility index (Phi) is 66.7. The van der Waals surface area contributed by atoms with Gasteiger partial charge >= 0.3 is 17.9 Å². The monoisotopic (exact) mass is 1140 g/mol. The number of rotatable bonds is 64. The van der Waals surface area contributed by atoms with E-state index < -0.39 is 6.10 Å². The molecule has 1 unspecified atom stereocenters. The molecular weight excluding hydrogens is 1010 g/mol. The van der Waals surface area contributed by atoms with Crippen LogP contribution >= 0.6 is 0 Å². The first-order valence-electron chi connectivity index (χ1n) is 35.2. The standard InChI is InChI=1S/C76H132O6/c1-4-7-10-13-16-19-22-25-28-31-33-34-35-36-37-38-39-40-41-43-45-48-51-54-57-60-63-66-69-75(78)81-72-73(71-80-74(77)68-65-62-59-56-53-50-47-44-30-27-24-21-18-15-12-9-6-3)82-76(79)70-67-64-61-58-55-52-49-46-42-32-29-26-23-20-17-14-11-8-5-2/h8-9,11-12,17-18,20-21,26-27,29-30,42,46,52,55,73H,4-7,10,13-16,19,22-25,28,31-41,43-45,47-51,53-54,56-72H2,1-3H3/b11-8-,12-9-,20-17-,21-18-,29-26-,30-27-,46-42-,55-52-. The second-order valence-corrected chi connectivity index (χ2v) is 23.4. The van der Waals surface area contributed by atoms with Gasteiger partial charge in [-0.25, -0.2) is 0 Å². The van der Waals surface area contributed by atoms with Crippen LogP contribution in [0.3, 0.4) is 0 Å². The minimum Gasteiger partial charge on any atom is -0.462 e. The van der Waals surface area contributed by atoms with Gasteiger partial charge in [-0.1, -0.05) is 330 Å². The average molecular weight is 1140 g/mol. The topological polar surface area (TPSA) is 78.9 Å². The second kappa shape index (κ2) is 69.8. The Bertz CT molecular complexity index is 1590. The minimum atomic E-state index is -0.801. The van der Waals surface area contributed by atoms with Gasteiger partial charge in [0.15, 0.2) is 6.10 Å². The van der Waals surface area contributed by atoms with Crippen LogP contribution in [-0.2, 0) is 28.6 Å². The summed E-state index contributed by atoms with van der Waals surface area (Å²) in [4.78, 5) is 38.4. The van der Waals surface area contributed by atoms with Gasteiger partial charge in [0, 0.05) is 19.3 Å². The van der Waals surface area contributed by atoms with Crippen LogP contribution in [0.1, 0.15) is 348 Å². The number of unbranched alkanes of at least 4 members (excludes halogenated alkanes) is 37. The number of hydrogen-bond donors (Lipinski definition) is 0. The molecule has 82 heavy (non-hydrogen) atoms. The van der Waals surface area contributed by atoms with Crippen LogP contribution in [0.5, 0.6) is 0 Å². The van der Waals surface area contributed by atoms with Crippen molar-refractivity contribution < 1.29 is 28.6 Å². The largest absolute Gasteiger partial charge is 0.462 e.